The summed E-state index contributed by atoms with van der Waals surface area (Å²) in [7, 11) is -1.17. The minimum absolute atomic E-state index is 0.0378. The van der Waals surface area contributed by atoms with Crippen LogP contribution in [0.1, 0.15) is 45.1 Å². The van der Waals surface area contributed by atoms with Crippen LogP contribution in [-0.4, -0.2) is 37.0 Å². The zero-order valence-electron chi connectivity index (χ0n) is 23.3. The molecule has 10 heteroatoms. The Labute approximate surface area is 249 Å². The van der Waals surface area contributed by atoms with E-state index >= 15 is 0 Å². The van der Waals surface area contributed by atoms with Gasteiger partial charge in [-0.05, 0) is 84.8 Å². The molecule has 8 nitrogen and oxygen atoms in total. The number of nitrogens with zero attached hydrogens (tertiary/aromatic N) is 4. The Morgan fingerprint density at radius 3 is 1.67 bits per heavy atom. The average molecular weight is 599 g/mol. The largest absolute Gasteiger partial charge is 0.485 e. The van der Waals surface area contributed by atoms with E-state index in [4.69, 9.17) is 19.7 Å². The van der Waals surface area contributed by atoms with Gasteiger partial charge in [-0.15, -0.1) is 0 Å². The maximum Gasteiger partial charge on any atom is 0.485 e. The molecule has 4 unspecified atom stereocenters. The summed E-state index contributed by atoms with van der Waals surface area (Å²) >= 11 is 0. The van der Waals surface area contributed by atoms with Crippen LogP contribution >= 0.6 is 15.8 Å². The van der Waals surface area contributed by atoms with Crippen LogP contribution in [0.5, 0.6) is 11.5 Å². The smallest absolute Gasteiger partial charge is 0.477 e. The summed E-state index contributed by atoms with van der Waals surface area (Å²) in [6, 6.07) is 22.7. The molecule has 1 aliphatic carbocycles. The molecule has 5 aromatic rings. The number of aromatic nitrogens is 4. The molecule has 1 aromatic heterocycles. The lowest BCUT2D eigenvalue weighted by molar-refractivity contribution is -0.937. The minimum Gasteiger partial charge on any atom is -0.477 e. The van der Waals surface area contributed by atoms with E-state index in [0.29, 0.717) is 13.5 Å². The molecule has 0 fully saturated rings. The number of fused-ring (bicyclic) bond motifs is 1. The molecule has 4 atom stereocenters. The minimum atomic E-state index is -0.700. The third-order valence-corrected chi connectivity index (χ3v) is 15.4. The van der Waals surface area contributed by atoms with Gasteiger partial charge < -0.3 is 9.47 Å². The van der Waals surface area contributed by atoms with Gasteiger partial charge in [0.25, 0.3) is 0 Å². The lowest BCUT2D eigenvalue weighted by Crippen LogP contribution is -2.85. The monoisotopic (exact) mass is 598 g/mol. The standard InChI is InChI=1S/C33H24N6O2P2/c1-42-20-7-3-5-18-27(20)32(34-14-40-18)29-22(42)11-9-16-17-10-12-23-30-25(17)26(24(16)29)31-38(32)36-13-37-39(31)33(30)28-19(41-15-35-33)6-4-8-21(28)43(23)2/h3-13,26,34-35H,14-15H2,1-2H3/q+2. The average Bonchev–Trinajstić information content (AvgIpc) is 3.39. The first-order valence-corrected chi connectivity index (χ1v) is 18.3. The van der Waals surface area contributed by atoms with Gasteiger partial charge >= 0.3 is 17.2 Å². The predicted molar refractivity (Wildman–Crippen MR) is 162 cm³/mol. The molecule has 6 aliphatic heterocycles. The molecule has 7 heterocycles. The van der Waals surface area contributed by atoms with E-state index in [1.807, 2.05) is 0 Å². The fraction of sp³-hybridized carbons (Fsp3) is 0.212. The van der Waals surface area contributed by atoms with Crippen molar-refractivity contribution in [3.63, 3.8) is 0 Å². The summed E-state index contributed by atoms with van der Waals surface area (Å²) in [5.41, 5.74) is 9.23. The molecule has 12 rings (SSSR count). The first kappa shape index (κ1) is 22.7. The van der Waals surface area contributed by atoms with Gasteiger partial charge in [-0.1, -0.05) is 48.5 Å². The van der Waals surface area contributed by atoms with E-state index in [1.54, 1.807) is 6.33 Å². The topological polar surface area (TPSA) is 76.1 Å². The van der Waals surface area contributed by atoms with Crippen molar-refractivity contribution in [1.29, 1.82) is 0 Å². The summed E-state index contributed by atoms with van der Waals surface area (Å²) < 4.78 is 17.2. The second-order valence-electron chi connectivity index (χ2n) is 12.4. The van der Waals surface area contributed by atoms with Crippen molar-refractivity contribution in [3.8, 4) is 22.6 Å². The third kappa shape index (κ3) is 2.11. The van der Waals surface area contributed by atoms with Crippen molar-refractivity contribution in [1.82, 2.24) is 20.8 Å². The number of nitrogens with one attached hydrogen (secondary N) is 2. The van der Waals surface area contributed by atoms with Gasteiger partial charge in [-0.3, -0.25) is 0 Å². The van der Waals surface area contributed by atoms with Gasteiger partial charge in [0.05, 0.1) is 22.3 Å². The van der Waals surface area contributed by atoms with Crippen molar-refractivity contribution >= 4 is 37.1 Å². The SMILES string of the molecule is CP1c2cccc3c2C2(NCO3)c3c1ccc1c3C3c4c-1ccc1c4C4(NCOc5cccc(c54)P1C)[n+]1ncn[n+]2c13. The predicted octanol–water partition coefficient (Wildman–Crippen LogP) is 0.969. The van der Waals surface area contributed by atoms with Crippen LogP contribution in [0, 0.1) is 0 Å². The highest BCUT2D eigenvalue weighted by Crippen LogP contribution is 2.62. The highest BCUT2D eigenvalue weighted by atomic mass is 31.1. The molecule has 0 saturated heterocycles. The van der Waals surface area contributed by atoms with Crippen molar-refractivity contribution < 1.29 is 18.8 Å². The lowest BCUT2D eigenvalue weighted by Gasteiger charge is -2.47. The molecule has 2 N–H and O–H groups in total. The molecular formula is C33H24N6O2P2+2. The van der Waals surface area contributed by atoms with Crippen LogP contribution in [-0.2, 0) is 11.3 Å². The highest BCUT2D eigenvalue weighted by Gasteiger charge is 2.73. The maximum atomic E-state index is 6.32. The van der Waals surface area contributed by atoms with Crippen LogP contribution in [0.15, 0.2) is 67.0 Å². The molecule has 4 aromatic carbocycles. The molecule has 43 heavy (non-hydrogen) atoms. The Balaban J connectivity index is 1.34. The van der Waals surface area contributed by atoms with E-state index in [9.17, 15) is 0 Å². The van der Waals surface area contributed by atoms with Crippen LogP contribution < -0.4 is 50.7 Å². The van der Waals surface area contributed by atoms with Crippen LogP contribution in [0.4, 0.5) is 0 Å². The van der Waals surface area contributed by atoms with Gasteiger partial charge in [0.2, 0.25) is 6.33 Å². The fourth-order valence-corrected chi connectivity index (χ4v) is 13.7. The van der Waals surface area contributed by atoms with Crippen molar-refractivity contribution in [2.45, 2.75) is 17.2 Å². The summed E-state index contributed by atoms with van der Waals surface area (Å²) in [4.78, 5) is 0. The molecule has 206 valence electrons. The fourth-order valence-electron chi connectivity index (χ4n) is 9.54. The Kier molecular flexibility index (Phi) is 3.67. The van der Waals surface area contributed by atoms with Gasteiger partial charge in [0.1, 0.15) is 25.0 Å². The number of benzene rings is 4. The number of rotatable bonds is 0. The summed E-state index contributed by atoms with van der Waals surface area (Å²) in [6.07, 6.45) is 1.75. The van der Waals surface area contributed by atoms with Crippen LogP contribution in [0.3, 0.4) is 0 Å². The molecule has 0 amide bonds. The first-order chi connectivity index (χ1) is 21.2. The van der Waals surface area contributed by atoms with Crippen molar-refractivity contribution in [2.75, 3.05) is 26.8 Å². The summed E-state index contributed by atoms with van der Waals surface area (Å²) in [5.74, 6) is 3.01. The van der Waals surface area contributed by atoms with Crippen molar-refractivity contribution in [2.24, 2.45) is 0 Å². The van der Waals surface area contributed by atoms with Gasteiger partial charge in [-0.2, -0.15) is 0 Å². The zero-order chi connectivity index (χ0) is 28.0. The number of hydrogen-bond acceptors (Lipinski definition) is 6. The molecule has 7 aliphatic rings. The summed E-state index contributed by atoms with van der Waals surface area (Å²) in [5, 5.41) is 23.7. The van der Waals surface area contributed by atoms with Crippen LogP contribution in [0.25, 0.3) is 11.1 Å². The second-order valence-corrected chi connectivity index (χ2v) is 16.5. The Morgan fingerprint density at radius 1 is 0.674 bits per heavy atom. The molecule has 2 spiro atoms. The first-order valence-electron chi connectivity index (χ1n) is 14.7. The lowest BCUT2D eigenvalue weighted by atomic mass is 9.73. The van der Waals surface area contributed by atoms with E-state index in [0.717, 1.165) is 17.3 Å². The van der Waals surface area contributed by atoms with E-state index in [1.165, 1.54) is 65.7 Å². The third-order valence-electron chi connectivity index (χ3n) is 11.0. The van der Waals surface area contributed by atoms with E-state index in [2.05, 4.69) is 94.0 Å². The molecular weight excluding hydrogens is 574 g/mol. The van der Waals surface area contributed by atoms with Gasteiger partial charge in [0, 0.05) is 19.6 Å². The maximum absolute atomic E-state index is 6.32. The zero-order valence-corrected chi connectivity index (χ0v) is 25.1. The molecule has 0 radical (unpaired) electrons. The Hall–Kier alpha value is -3.80. The number of ether oxygens (including phenoxy) is 2. The summed E-state index contributed by atoms with van der Waals surface area (Å²) in [6.45, 7) is 5.59. The van der Waals surface area contributed by atoms with Gasteiger partial charge in [-0.25, -0.2) is 10.6 Å². The Bertz CT molecular complexity index is 2090. The molecule has 0 bridgehead atoms. The second kappa shape index (κ2) is 6.95. The normalized spacial score (nSPS) is 29.1. The quantitative estimate of drug-likeness (QED) is 0.201. The van der Waals surface area contributed by atoms with Gasteiger partial charge in [0.15, 0.2) is 5.92 Å². The molecule has 0 saturated carbocycles. The van der Waals surface area contributed by atoms with E-state index in [-0.39, 0.29) is 5.92 Å². The Morgan fingerprint density at radius 2 is 1.16 bits per heavy atom. The van der Waals surface area contributed by atoms with Crippen molar-refractivity contribution in [3.05, 3.63) is 106 Å². The van der Waals surface area contributed by atoms with Crippen LogP contribution in [0.2, 0.25) is 0 Å². The highest BCUT2D eigenvalue weighted by molar-refractivity contribution is 7.73. The van der Waals surface area contributed by atoms with E-state index < -0.39 is 27.2 Å². The number of hydrogen-bond donors (Lipinski definition) is 2.